The van der Waals surface area contributed by atoms with Gasteiger partial charge in [-0.15, -0.1) is 0 Å². The predicted molar refractivity (Wildman–Crippen MR) is 65.6 cm³/mol. The SMILES string of the molecule is CNC(CC1CCCc2ccccc21)C(F)(F)F. The summed E-state index contributed by atoms with van der Waals surface area (Å²) in [6.07, 6.45) is -1.21. The molecule has 1 aromatic carbocycles. The van der Waals surface area contributed by atoms with Crippen molar-refractivity contribution < 1.29 is 13.2 Å². The van der Waals surface area contributed by atoms with Gasteiger partial charge in [0.05, 0.1) is 0 Å². The zero-order valence-electron chi connectivity index (χ0n) is 10.4. The largest absolute Gasteiger partial charge is 0.403 e. The Labute approximate surface area is 105 Å². The molecule has 4 heteroatoms. The van der Waals surface area contributed by atoms with Crippen molar-refractivity contribution in [3.63, 3.8) is 0 Å². The number of aryl methyl sites for hydroxylation is 1. The van der Waals surface area contributed by atoms with Crippen LogP contribution in [-0.2, 0) is 6.42 Å². The quantitative estimate of drug-likeness (QED) is 0.871. The molecule has 0 saturated heterocycles. The molecule has 0 bridgehead atoms. The highest BCUT2D eigenvalue weighted by atomic mass is 19.4. The molecular formula is C14H18F3N. The van der Waals surface area contributed by atoms with E-state index in [2.05, 4.69) is 5.32 Å². The molecule has 0 aromatic heterocycles. The molecule has 0 radical (unpaired) electrons. The number of rotatable bonds is 3. The third-order valence-corrected chi connectivity index (χ3v) is 3.76. The van der Waals surface area contributed by atoms with Crippen molar-refractivity contribution >= 4 is 0 Å². The molecule has 1 aliphatic carbocycles. The minimum atomic E-state index is -4.17. The molecule has 2 unspecified atom stereocenters. The van der Waals surface area contributed by atoms with Crippen LogP contribution in [0, 0.1) is 0 Å². The molecule has 18 heavy (non-hydrogen) atoms. The second-order valence-electron chi connectivity index (χ2n) is 4.91. The average molecular weight is 257 g/mol. The van der Waals surface area contributed by atoms with Crippen LogP contribution in [-0.4, -0.2) is 19.3 Å². The van der Waals surface area contributed by atoms with Gasteiger partial charge in [0, 0.05) is 0 Å². The first-order valence-electron chi connectivity index (χ1n) is 6.34. The van der Waals surface area contributed by atoms with Crippen LogP contribution in [0.25, 0.3) is 0 Å². The Kier molecular flexibility index (Phi) is 3.95. The fraction of sp³-hybridized carbons (Fsp3) is 0.571. The van der Waals surface area contributed by atoms with Gasteiger partial charge in [-0.1, -0.05) is 24.3 Å². The highest BCUT2D eigenvalue weighted by Crippen LogP contribution is 2.37. The summed E-state index contributed by atoms with van der Waals surface area (Å²) in [5, 5.41) is 2.40. The monoisotopic (exact) mass is 257 g/mol. The standard InChI is InChI=1S/C14H18F3N/c1-18-13(14(15,16)17)9-11-7-4-6-10-5-2-3-8-12(10)11/h2-3,5,8,11,13,18H,4,6-7,9H2,1H3. The van der Waals surface area contributed by atoms with Crippen molar-refractivity contribution in [3.8, 4) is 0 Å². The smallest absolute Gasteiger partial charge is 0.309 e. The molecule has 0 amide bonds. The summed E-state index contributed by atoms with van der Waals surface area (Å²) in [6, 6.07) is 6.47. The van der Waals surface area contributed by atoms with Gasteiger partial charge in [0.25, 0.3) is 0 Å². The highest BCUT2D eigenvalue weighted by molar-refractivity contribution is 5.32. The molecule has 0 saturated carbocycles. The summed E-state index contributed by atoms with van der Waals surface area (Å²) in [7, 11) is 1.38. The Hall–Kier alpha value is -1.03. The van der Waals surface area contributed by atoms with Gasteiger partial charge in [-0.2, -0.15) is 13.2 Å². The summed E-state index contributed by atoms with van der Waals surface area (Å²) < 4.78 is 38.4. The summed E-state index contributed by atoms with van der Waals surface area (Å²) in [5.74, 6) is 0.0222. The maximum atomic E-state index is 12.8. The molecule has 100 valence electrons. The van der Waals surface area contributed by atoms with Crippen molar-refractivity contribution in [2.45, 2.75) is 43.8 Å². The third kappa shape index (κ3) is 2.86. The van der Waals surface area contributed by atoms with E-state index < -0.39 is 12.2 Å². The summed E-state index contributed by atoms with van der Waals surface area (Å²) in [5.41, 5.74) is 2.32. The Balaban J connectivity index is 2.16. The third-order valence-electron chi connectivity index (χ3n) is 3.76. The maximum absolute atomic E-state index is 12.8. The maximum Gasteiger partial charge on any atom is 0.403 e. The normalized spacial score (nSPS) is 21.4. The van der Waals surface area contributed by atoms with E-state index in [4.69, 9.17) is 0 Å². The molecular weight excluding hydrogens is 239 g/mol. The zero-order chi connectivity index (χ0) is 13.2. The first-order chi connectivity index (χ1) is 8.52. The van der Waals surface area contributed by atoms with Crippen LogP contribution in [0.15, 0.2) is 24.3 Å². The van der Waals surface area contributed by atoms with Gasteiger partial charge in [0.15, 0.2) is 0 Å². The second-order valence-corrected chi connectivity index (χ2v) is 4.91. The van der Waals surface area contributed by atoms with E-state index in [0.717, 1.165) is 24.8 Å². The number of hydrogen-bond donors (Lipinski definition) is 1. The van der Waals surface area contributed by atoms with Gasteiger partial charge in [0.2, 0.25) is 0 Å². The number of fused-ring (bicyclic) bond motifs is 1. The van der Waals surface area contributed by atoms with Crippen LogP contribution >= 0.6 is 0 Å². The van der Waals surface area contributed by atoms with Crippen LogP contribution < -0.4 is 5.32 Å². The number of halogens is 3. The van der Waals surface area contributed by atoms with Crippen molar-refractivity contribution in [1.82, 2.24) is 5.32 Å². The van der Waals surface area contributed by atoms with E-state index in [1.165, 1.54) is 12.6 Å². The van der Waals surface area contributed by atoms with Gasteiger partial charge >= 0.3 is 6.18 Å². The van der Waals surface area contributed by atoms with Gasteiger partial charge in [-0.25, -0.2) is 0 Å². The molecule has 1 N–H and O–H groups in total. The van der Waals surface area contributed by atoms with E-state index in [1.54, 1.807) is 0 Å². The van der Waals surface area contributed by atoms with E-state index in [0.29, 0.717) is 0 Å². The van der Waals surface area contributed by atoms with Gasteiger partial charge < -0.3 is 5.32 Å². The van der Waals surface area contributed by atoms with Crippen molar-refractivity contribution in [2.24, 2.45) is 0 Å². The van der Waals surface area contributed by atoms with Crippen LogP contribution in [0.3, 0.4) is 0 Å². The Morgan fingerprint density at radius 1 is 1.33 bits per heavy atom. The topological polar surface area (TPSA) is 12.0 Å². The molecule has 1 aromatic rings. The fourth-order valence-corrected chi connectivity index (χ4v) is 2.80. The lowest BCUT2D eigenvalue weighted by atomic mass is 9.79. The van der Waals surface area contributed by atoms with Gasteiger partial charge in [-0.3, -0.25) is 0 Å². The van der Waals surface area contributed by atoms with Gasteiger partial charge in [0.1, 0.15) is 6.04 Å². The zero-order valence-corrected chi connectivity index (χ0v) is 10.4. The molecule has 2 rings (SSSR count). The van der Waals surface area contributed by atoms with Gasteiger partial charge in [-0.05, 0) is 49.8 Å². The Morgan fingerprint density at radius 2 is 2.06 bits per heavy atom. The van der Waals surface area contributed by atoms with E-state index in [1.807, 2.05) is 24.3 Å². The summed E-state index contributed by atoms with van der Waals surface area (Å²) in [4.78, 5) is 0. The number of nitrogens with one attached hydrogen (secondary N) is 1. The van der Waals surface area contributed by atoms with Crippen LogP contribution in [0.2, 0.25) is 0 Å². The highest BCUT2D eigenvalue weighted by Gasteiger charge is 2.40. The number of alkyl halides is 3. The minimum absolute atomic E-state index is 0.0222. The molecule has 1 nitrogen and oxygen atoms in total. The summed E-state index contributed by atoms with van der Waals surface area (Å²) >= 11 is 0. The van der Waals surface area contributed by atoms with E-state index >= 15 is 0 Å². The summed E-state index contributed by atoms with van der Waals surface area (Å²) in [6.45, 7) is 0. The predicted octanol–water partition coefficient (Wildman–Crippen LogP) is 3.65. The molecule has 2 atom stereocenters. The van der Waals surface area contributed by atoms with E-state index in [-0.39, 0.29) is 12.3 Å². The first-order valence-corrected chi connectivity index (χ1v) is 6.34. The minimum Gasteiger partial charge on any atom is -0.309 e. The average Bonchev–Trinajstić information content (AvgIpc) is 2.34. The van der Waals surface area contributed by atoms with Crippen LogP contribution in [0.1, 0.15) is 36.3 Å². The molecule has 0 heterocycles. The van der Waals surface area contributed by atoms with Crippen molar-refractivity contribution in [1.29, 1.82) is 0 Å². The number of benzene rings is 1. The lowest BCUT2D eigenvalue weighted by Crippen LogP contribution is -2.41. The lowest BCUT2D eigenvalue weighted by Gasteiger charge is -2.29. The molecule has 0 spiro atoms. The van der Waals surface area contributed by atoms with E-state index in [9.17, 15) is 13.2 Å². The first kappa shape index (κ1) is 13.4. The van der Waals surface area contributed by atoms with Crippen molar-refractivity contribution in [2.75, 3.05) is 7.05 Å². The van der Waals surface area contributed by atoms with Crippen LogP contribution in [0.4, 0.5) is 13.2 Å². The van der Waals surface area contributed by atoms with Crippen molar-refractivity contribution in [3.05, 3.63) is 35.4 Å². The Morgan fingerprint density at radius 3 is 2.72 bits per heavy atom. The molecule has 0 aliphatic heterocycles. The number of hydrogen-bond acceptors (Lipinski definition) is 1. The second kappa shape index (κ2) is 5.31. The lowest BCUT2D eigenvalue weighted by molar-refractivity contribution is -0.157. The molecule has 1 aliphatic rings. The van der Waals surface area contributed by atoms with Crippen LogP contribution in [0.5, 0.6) is 0 Å². The fourth-order valence-electron chi connectivity index (χ4n) is 2.80. The molecule has 0 fully saturated rings. The Bertz CT molecular complexity index is 400.